The first-order valence-corrected chi connectivity index (χ1v) is 4.34. The number of benzene rings is 1. The van der Waals surface area contributed by atoms with Gasteiger partial charge in [0.15, 0.2) is 0 Å². The van der Waals surface area contributed by atoms with Gasteiger partial charge in [0, 0.05) is 11.9 Å². The van der Waals surface area contributed by atoms with E-state index in [9.17, 15) is 0 Å². The van der Waals surface area contributed by atoms with Crippen LogP contribution in [0.4, 0.5) is 0 Å². The first-order valence-electron chi connectivity index (χ1n) is 4.34. The van der Waals surface area contributed by atoms with Crippen LogP contribution in [-0.4, -0.2) is 4.98 Å². The second kappa shape index (κ2) is 3.40. The Morgan fingerprint density at radius 3 is 1.92 bits per heavy atom. The van der Waals surface area contributed by atoms with Crippen molar-refractivity contribution in [2.24, 2.45) is 0 Å². The predicted molar refractivity (Wildman–Crippen MR) is 54.4 cm³/mol. The van der Waals surface area contributed by atoms with Crippen molar-refractivity contribution < 1.29 is 0 Å². The van der Waals surface area contributed by atoms with Gasteiger partial charge in [-0.05, 0) is 36.2 Å². The SMILES string of the molecule is Cc1ccccn1.c1cc2cc-2c1. The maximum atomic E-state index is 3.98. The highest BCUT2D eigenvalue weighted by atomic mass is 14.6. The lowest BCUT2D eigenvalue weighted by molar-refractivity contribution is 1.20. The van der Waals surface area contributed by atoms with Crippen LogP contribution in [-0.2, 0) is 0 Å². The second-order valence-electron chi connectivity index (χ2n) is 3.05. The quantitative estimate of drug-likeness (QED) is 0.504. The zero-order chi connectivity index (χ0) is 9.10. The van der Waals surface area contributed by atoms with E-state index in [-0.39, 0.29) is 0 Å². The Hall–Kier alpha value is -1.63. The maximum absolute atomic E-state index is 3.98. The van der Waals surface area contributed by atoms with Gasteiger partial charge in [-0.3, -0.25) is 4.98 Å². The highest BCUT2D eigenvalue weighted by Gasteiger charge is 2.06. The lowest BCUT2D eigenvalue weighted by Crippen LogP contribution is -1.72. The third kappa shape index (κ3) is 2.15. The summed E-state index contributed by atoms with van der Waals surface area (Å²) in [5, 5.41) is 0. The van der Waals surface area contributed by atoms with Crippen molar-refractivity contribution in [2.45, 2.75) is 6.92 Å². The Labute approximate surface area is 78.1 Å². The van der Waals surface area contributed by atoms with Crippen molar-refractivity contribution in [1.82, 2.24) is 4.98 Å². The molecule has 2 aliphatic carbocycles. The fourth-order valence-electron chi connectivity index (χ4n) is 1.12. The molecule has 0 bridgehead atoms. The van der Waals surface area contributed by atoms with Crippen LogP contribution in [0, 0.1) is 6.92 Å². The van der Waals surface area contributed by atoms with E-state index >= 15 is 0 Å². The Balaban J connectivity index is 0.000000101. The molecular formula is C12H11N. The number of hydrogen-bond acceptors (Lipinski definition) is 1. The van der Waals surface area contributed by atoms with E-state index in [1.165, 1.54) is 11.1 Å². The van der Waals surface area contributed by atoms with Gasteiger partial charge in [0.05, 0.1) is 0 Å². The van der Waals surface area contributed by atoms with Crippen LogP contribution in [0.15, 0.2) is 48.7 Å². The molecule has 0 aromatic carbocycles. The van der Waals surface area contributed by atoms with Crippen LogP contribution in [0.5, 0.6) is 0 Å². The summed E-state index contributed by atoms with van der Waals surface area (Å²) in [6.07, 6.45) is 1.79. The lowest BCUT2D eigenvalue weighted by Gasteiger charge is -1.82. The summed E-state index contributed by atoms with van der Waals surface area (Å²) < 4.78 is 0. The summed E-state index contributed by atoms with van der Waals surface area (Å²) in [5.74, 6) is 0. The molecule has 13 heavy (non-hydrogen) atoms. The third-order valence-electron chi connectivity index (χ3n) is 1.93. The summed E-state index contributed by atoms with van der Waals surface area (Å²) in [4.78, 5) is 3.98. The zero-order valence-electron chi connectivity index (χ0n) is 7.57. The molecule has 1 nitrogen and oxygen atoms in total. The molecule has 1 aromatic heterocycles. The van der Waals surface area contributed by atoms with Crippen LogP contribution < -0.4 is 0 Å². The molecule has 0 N–H and O–H groups in total. The monoisotopic (exact) mass is 169 g/mol. The van der Waals surface area contributed by atoms with Crippen LogP contribution in [0.25, 0.3) is 11.1 Å². The minimum atomic E-state index is 1.07. The average molecular weight is 169 g/mol. The maximum Gasteiger partial charge on any atom is 0.0372 e. The Bertz CT molecular complexity index is 376. The molecule has 2 aliphatic rings. The van der Waals surface area contributed by atoms with Crippen molar-refractivity contribution in [3.05, 3.63) is 54.4 Å². The molecule has 1 heterocycles. The fourth-order valence-corrected chi connectivity index (χ4v) is 1.12. The van der Waals surface area contributed by atoms with Crippen LogP contribution in [0.1, 0.15) is 5.69 Å². The van der Waals surface area contributed by atoms with Crippen LogP contribution in [0.3, 0.4) is 0 Å². The molecule has 1 aromatic rings. The van der Waals surface area contributed by atoms with E-state index in [1.807, 2.05) is 25.1 Å². The molecular weight excluding hydrogens is 158 g/mol. The summed E-state index contributed by atoms with van der Waals surface area (Å²) in [5.41, 5.74) is 3.92. The van der Waals surface area contributed by atoms with E-state index < -0.39 is 0 Å². The van der Waals surface area contributed by atoms with Crippen molar-refractivity contribution in [3.8, 4) is 11.1 Å². The van der Waals surface area contributed by atoms with Crippen molar-refractivity contribution in [3.63, 3.8) is 0 Å². The van der Waals surface area contributed by atoms with Gasteiger partial charge in [-0.15, -0.1) is 0 Å². The van der Waals surface area contributed by atoms with Gasteiger partial charge in [0.1, 0.15) is 0 Å². The highest BCUT2D eigenvalue weighted by molar-refractivity contribution is 5.80. The molecule has 0 amide bonds. The Kier molecular flexibility index (Phi) is 2.09. The summed E-state index contributed by atoms with van der Waals surface area (Å²) in [6.45, 7) is 1.97. The highest BCUT2D eigenvalue weighted by Crippen LogP contribution is 2.32. The molecule has 0 atom stereocenters. The predicted octanol–water partition coefficient (Wildman–Crippen LogP) is 3.06. The fraction of sp³-hybridized carbons (Fsp3) is 0.0833. The summed E-state index contributed by atoms with van der Waals surface area (Å²) in [6, 6.07) is 14.3. The van der Waals surface area contributed by atoms with Crippen molar-refractivity contribution >= 4 is 0 Å². The molecule has 1 heteroatoms. The molecule has 64 valence electrons. The minimum Gasteiger partial charge on any atom is -0.262 e. The topological polar surface area (TPSA) is 12.9 Å². The number of fused-ring (bicyclic) bond motifs is 1. The van der Waals surface area contributed by atoms with E-state index in [0.29, 0.717) is 0 Å². The lowest BCUT2D eigenvalue weighted by atomic mass is 10.4. The van der Waals surface area contributed by atoms with E-state index in [4.69, 9.17) is 0 Å². The number of rotatable bonds is 0. The molecule has 0 unspecified atom stereocenters. The molecule has 0 saturated carbocycles. The number of hydrogen-bond donors (Lipinski definition) is 0. The van der Waals surface area contributed by atoms with Crippen LogP contribution >= 0.6 is 0 Å². The molecule has 0 fully saturated rings. The number of pyridine rings is 1. The van der Waals surface area contributed by atoms with E-state index in [2.05, 4.69) is 29.2 Å². The molecule has 0 spiro atoms. The van der Waals surface area contributed by atoms with E-state index in [1.54, 1.807) is 6.20 Å². The Morgan fingerprint density at radius 2 is 1.69 bits per heavy atom. The van der Waals surface area contributed by atoms with Gasteiger partial charge >= 0.3 is 0 Å². The first-order chi connectivity index (χ1) is 6.36. The molecule has 3 rings (SSSR count). The first kappa shape index (κ1) is 7.99. The largest absolute Gasteiger partial charge is 0.262 e. The third-order valence-corrected chi connectivity index (χ3v) is 1.93. The second-order valence-corrected chi connectivity index (χ2v) is 3.05. The molecule has 0 saturated heterocycles. The zero-order valence-corrected chi connectivity index (χ0v) is 7.57. The van der Waals surface area contributed by atoms with Gasteiger partial charge < -0.3 is 0 Å². The van der Waals surface area contributed by atoms with Gasteiger partial charge in [-0.25, -0.2) is 0 Å². The van der Waals surface area contributed by atoms with Crippen LogP contribution in [0.2, 0.25) is 0 Å². The number of aromatic nitrogens is 1. The Morgan fingerprint density at radius 1 is 0.923 bits per heavy atom. The van der Waals surface area contributed by atoms with Crippen molar-refractivity contribution in [1.29, 1.82) is 0 Å². The summed E-state index contributed by atoms with van der Waals surface area (Å²) in [7, 11) is 0. The summed E-state index contributed by atoms with van der Waals surface area (Å²) >= 11 is 0. The number of nitrogens with zero attached hydrogens (tertiary/aromatic N) is 1. The van der Waals surface area contributed by atoms with Gasteiger partial charge in [-0.2, -0.15) is 0 Å². The van der Waals surface area contributed by atoms with Crippen molar-refractivity contribution in [2.75, 3.05) is 0 Å². The van der Waals surface area contributed by atoms with Gasteiger partial charge in [0.2, 0.25) is 0 Å². The van der Waals surface area contributed by atoms with Gasteiger partial charge in [-0.1, -0.05) is 24.3 Å². The number of aryl methyl sites for hydroxylation is 1. The standard InChI is InChI=1S/C6H7N.C6H4/c1-6-4-2-3-5-7-6;1-2-5-4-6(5)3-1/h2-5H,1H3;1-4H. The average Bonchev–Trinajstić information content (AvgIpc) is 2.76. The molecule has 0 aliphatic heterocycles. The minimum absolute atomic E-state index is 1.07. The van der Waals surface area contributed by atoms with E-state index in [0.717, 1.165) is 5.69 Å². The smallest absolute Gasteiger partial charge is 0.0372 e. The molecule has 0 radical (unpaired) electrons. The van der Waals surface area contributed by atoms with Gasteiger partial charge in [0.25, 0.3) is 0 Å². The normalized spacial score (nSPS) is 9.92.